The van der Waals surface area contributed by atoms with Crippen LogP contribution in [-0.4, -0.2) is 50.3 Å². The molecule has 2 fully saturated rings. The van der Waals surface area contributed by atoms with Gasteiger partial charge in [0.2, 0.25) is 0 Å². The van der Waals surface area contributed by atoms with Crippen LogP contribution < -0.4 is 16.4 Å². The van der Waals surface area contributed by atoms with Gasteiger partial charge in [-0.05, 0) is 54.0 Å². The predicted octanol–water partition coefficient (Wildman–Crippen LogP) is 4.36. The molecule has 0 aromatic carbocycles. The number of H-pyrrole nitrogens is 1. The van der Waals surface area contributed by atoms with Gasteiger partial charge in [-0.15, -0.1) is 0 Å². The summed E-state index contributed by atoms with van der Waals surface area (Å²) in [5, 5.41) is 7.02. The van der Waals surface area contributed by atoms with E-state index >= 15 is 0 Å². The highest BCUT2D eigenvalue weighted by atomic mass is 19.1. The van der Waals surface area contributed by atoms with Gasteiger partial charge in [0.25, 0.3) is 0 Å². The fraction of sp³-hybridized carbons (Fsp3) is 0.219. The van der Waals surface area contributed by atoms with E-state index in [0.29, 0.717) is 25.9 Å². The second kappa shape index (κ2) is 9.42. The Kier molecular flexibility index (Phi) is 5.53. The van der Waals surface area contributed by atoms with Gasteiger partial charge in [-0.2, -0.15) is 0 Å². The van der Waals surface area contributed by atoms with Crippen LogP contribution in [0.3, 0.4) is 0 Å². The molecule has 4 aliphatic rings. The maximum Gasteiger partial charge on any atom is 0.139 e. The molecule has 2 unspecified atom stereocenters. The zero-order valence-corrected chi connectivity index (χ0v) is 22.4. The molecule has 0 bridgehead atoms. The van der Waals surface area contributed by atoms with E-state index in [4.69, 9.17) is 10.7 Å². The van der Waals surface area contributed by atoms with Gasteiger partial charge in [-0.1, -0.05) is 12.1 Å². The van der Waals surface area contributed by atoms with E-state index in [0.717, 1.165) is 79.8 Å². The third-order valence-electron chi connectivity index (χ3n) is 8.19. The van der Waals surface area contributed by atoms with E-state index < -0.39 is 6.17 Å². The Balaban J connectivity index is 1.17. The minimum Gasteiger partial charge on any atom is -0.402 e. The van der Waals surface area contributed by atoms with Crippen LogP contribution in [0.4, 0.5) is 10.1 Å². The van der Waals surface area contributed by atoms with Gasteiger partial charge in [0.15, 0.2) is 0 Å². The number of alkyl halides is 1. The van der Waals surface area contributed by atoms with Crippen LogP contribution in [-0.2, 0) is 13.0 Å². The normalized spacial score (nSPS) is 21.1. The quantitative estimate of drug-likeness (QED) is 0.276. The molecule has 41 heavy (non-hydrogen) atoms. The summed E-state index contributed by atoms with van der Waals surface area (Å²) in [4.78, 5) is 19.8. The van der Waals surface area contributed by atoms with E-state index in [2.05, 4.69) is 60.8 Å². The van der Waals surface area contributed by atoms with Crippen LogP contribution >= 0.6 is 0 Å². The Labute approximate surface area is 236 Å². The second-order valence-corrected chi connectivity index (χ2v) is 11.1. The van der Waals surface area contributed by atoms with Crippen molar-refractivity contribution in [3.05, 3.63) is 119 Å². The summed E-state index contributed by atoms with van der Waals surface area (Å²) in [6.07, 6.45) is 12.0. The molecule has 8 nitrogen and oxygen atoms in total. The van der Waals surface area contributed by atoms with Gasteiger partial charge >= 0.3 is 0 Å². The first kappa shape index (κ1) is 24.1. The first-order valence-electron chi connectivity index (χ1n) is 14.0. The Hall–Kier alpha value is -4.76. The number of fused-ring (bicyclic) bond motifs is 3. The van der Waals surface area contributed by atoms with Crippen molar-refractivity contribution in [3.63, 3.8) is 0 Å². The van der Waals surface area contributed by atoms with E-state index in [-0.39, 0.29) is 6.17 Å². The van der Waals surface area contributed by atoms with Crippen LogP contribution in [0.25, 0.3) is 22.4 Å². The summed E-state index contributed by atoms with van der Waals surface area (Å²) in [6, 6.07) is 12.5. The average Bonchev–Trinajstić information content (AvgIpc) is 3.53. The first-order chi connectivity index (χ1) is 20.1. The van der Waals surface area contributed by atoms with Crippen molar-refractivity contribution in [2.24, 2.45) is 5.73 Å². The molecule has 2 atom stereocenters. The second-order valence-electron chi connectivity index (χ2n) is 11.1. The fourth-order valence-electron chi connectivity index (χ4n) is 6.15. The summed E-state index contributed by atoms with van der Waals surface area (Å²) in [5.41, 5.74) is 19.3. The third kappa shape index (κ3) is 4.38. The molecule has 4 aromatic rings. The number of anilines is 1. The standard InChI is InChI=1S/C32H29FN8/c33-21-7-9-41(17-21)16-18-10-20(15-36-13-18)25-5-6-26-30(38-25)29(31-32(39-26)40-31)28-12-24-23(19-2-1-8-35-14-19)4-3-22(34)11-27(24)37-28/h1-6,8,10,12-15,21,32,37,39-40H,7,9,11,16-17,34H2. The molecular formula is C32H29FN8. The largest absolute Gasteiger partial charge is 0.402 e. The highest BCUT2D eigenvalue weighted by Crippen LogP contribution is 2.43. The SMILES string of the molecule is NC1=CC=C(c2cccnc2)c2cc(C3=C4NC4Nc4ccc(-c5cncc(CN6CCC(F)C6)c5)nc43)[nH]c2C1. The Morgan fingerprint density at radius 3 is 2.80 bits per heavy atom. The maximum atomic E-state index is 13.7. The summed E-state index contributed by atoms with van der Waals surface area (Å²) < 4.78 is 13.7. The number of halogens is 1. The number of nitrogens with two attached hydrogens (primary N) is 1. The highest BCUT2D eigenvalue weighted by molar-refractivity contribution is 5.93. The van der Waals surface area contributed by atoms with E-state index in [1.807, 2.05) is 36.8 Å². The molecule has 204 valence electrons. The predicted molar refractivity (Wildman–Crippen MR) is 157 cm³/mol. The van der Waals surface area contributed by atoms with Crippen LogP contribution in [0.1, 0.15) is 40.2 Å². The number of aromatic amines is 1. The summed E-state index contributed by atoms with van der Waals surface area (Å²) in [7, 11) is 0. The topological polar surface area (TPSA) is 118 Å². The van der Waals surface area contributed by atoms with E-state index in [9.17, 15) is 4.39 Å². The number of aromatic nitrogens is 4. The Morgan fingerprint density at radius 2 is 1.95 bits per heavy atom. The number of allylic oxidation sites excluding steroid dienone is 3. The molecular weight excluding hydrogens is 515 g/mol. The van der Waals surface area contributed by atoms with Crippen molar-refractivity contribution >= 4 is 16.8 Å². The minimum absolute atomic E-state index is 0.0938. The van der Waals surface area contributed by atoms with Gasteiger partial charge in [0.1, 0.15) is 12.3 Å². The summed E-state index contributed by atoms with van der Waals surface area (Å²) >= 11 is 0. The molecule has 0 amide bonds. The van der Waals surface area contributed by atoms with Crippen LogP contribution in [0.5, 0.6) is 0 Å². The molecule has 0 radical (unpaired) electrons. The van der Waals surface area contributed by atoms with E-state index in [1.54, 1.807) is 6.20 Å². The fourth-order valence-corrected chi connectivity index (χ4v) is 6.15. The van der Waals surface area contributed by atoms with Gasteiger partial charge < -0.3 is 21.4 Å². The lowest BCUT2D eigenvalue weighted by Crippen LogP contribution is -2.20. The van der Waals surface area contributed by atoms with Crippen molar-refractivity contribution < 1.29 is 4.39 Å². The first-order valence-corrected chi connectivity index (χ1v) is 14.0. The van der Waals surface area contributed by atoms with Gasteiger partial charge in [-0.25, -0.2) is 9.37 Å². The number of hydrogen-bond acceptors (Lipinski definition) is 7. The van der Waals surface area contributed by atoms with Gasteiger partial charge in [-0.3, -0.25) is 14.9 Å². The minimum atomic E-state index is -0.737. The van der Waals surface area contributed by atoms with Crippen molar-refractivity contribution in [2.45, 2.75) is 31.7 Å². The smallest absolute Gasteiger partial charge is 0.139 e. The van der Waals surface area contributed by atoms with Crippen molar-refractivity contribution in [1.29, 1.82) is 0 Å². The van der Waals surface area contributed by atoms with Crippen LogP contribution in [0.15, 0.2) is 84.7 Å². The molecule has 7 heterocycles. The van der Waals surface area contributed by atoms with Crippen LogP contribution in [0, 0.1) is 0 Å². The number of nitrogens with one attached hydrogen (secondary N) is 3. The lowest BCUT2D eigenvalue weighted by molar-refractivity contribution is 0.282. The molecule has 1 aliphatic carbocycles. The van der Waals surface area contributed by atoms with Crippen LogP contribution in [0.2, 0.25) is 0 Å². The maximum absolute atomic E-state index is 13.7. The average molecular weight is 545 g/mol. The molecule has 2 saturated heterocycles. The number of likely N-dealkylation sites (tertiary alicyclic amines) is 1. The summed E-state index contributed by atoms with van der Waals surface area (Å²) in [5.74, 6) is 0. The zero-order valence-electron chi connectivity index (χ0n) is 22.4. The number of nitrogens with zero attached hydrogens (tertiary/aromatic N) is 4. The van der Waals surface area contributed by atoms with Gasteiger partial charge in [0.05, 0.1) is 28.5 Å². The molecule has 5 N–H and O–H groups in total. The third-order valence-corrected chi connectivity index (χ3v) is 8.19. The lowest BCUT2D eigenvalue weighted by atomic mass is 9.97. The van der Waals surface area contributed by atoms with Crippen molar-refractivity contribution in [2.75, 3.05) is 18.4 Å². The van der Waals surface area contributed by atoms with E-state index in [1.165, 1.54) is 0 Å². The van der Waals surface area contributed by atoms with Crippen molar-refractivity contribution in [3.8, 4) is 11.3 Å². The molecule has 0 spiro atoms. The van der Waals surface area contributed by atoms with Crippen molar-refractivity contribution in [1.82, 2.24) is 30.2 Å². The number of rotatable bonds is 5. The van der Waals surface area contributed by atoms with Gasteiger partial charge in [0, 0.05) is 84.5 Å². The molecule has 3 aliphatic heterocycles. The Morgan fingerprint density at radius 1 is 1.02 bits per heavy atom. The molecule has 9 heteroatoms. The molecule has 4 aromatic heterocycles. The zero-order chi connectivity index (χ0) is 27.5. The Bertz CT molecular complexity index is 1770. The number of hydrogen-bond donors (Lipinski definition) is 4. The molecule has 8 rings (SSSR count). The highest BCUT2D eigenvalue weighted by Gasteiger charge is 2.40. The molecule has 0 saturated carbocycles. The lowest BCUT2D eigenvalue weighted by Gasteiger charge is -2.18. The number of pyridine rings is 3. The monoisotopic (exact) mass is 544 g/mol. The summed E-state index contributed by atoms with van der Waals surface area (Å²) in [6.45, 7) is 1.95.